The molecular formula is C6H9KO6S. The summed E-state index contributed by atoms with van der Waals surface area (Å²) < 4.78 is 31.6. The average Bonchev–Trinajstić information content (AvgIpc) is 1.92. The number of benzene rings is 1. The second kappa shape index (κ2) is 7.60. The average molecular weight is 248 g/mol. The Balaban J connectivity index is -0.000000185. The van der Waals surface area contributed by atoms with Gasteiger partial charge in [-0.1, -0.05) is 0 Å². The summed E-state index contributed by atoms with van der Waals surface area (Å²) in [6.07, 6.45) is 0. The van der Waals surface area contributed by atoms with Crippen LogP contribution in [0.25, 0.3) is 0 Å². The van der Waals surface area contributed by atoms with E-state index >= 15 is 0 Å². The molecule has 0 bridgehead atoms. The number of rotatable bonds is 0. The smallest absolute Gasteiger partial charge is 1.00 e. The minimum Gasteiger partial charge on any atom is -1.00 e. The summed E-state index contributed by atoms with van der Waals surface area (Å²) in [6, 6.07) is 5.70. The Labute approximate surface area is 125 Å². The fraction of sp³-hybridized carbons (Fsp3) is 0. The molecular weight excluding hydrogens is 239 g/mol. The molecule has 0 spiro atoms. The van der Waals surface area contributed by atoms with E-state index in [9.17, 15) is 0 Å². The van der Waals surface area contributed by atoms with Gasteiger partial charge in [-0.25, -0.2) is 0 Å². The molecule has 0 aliphatic rings. The third kappa shape index (κ3) is 14.8. The van der Waals surface area contributed by atoms with E-state index in [1.165, 1.54) is 24.3 Å². The molecule has 0 saturated heterocycles. The summed E-state index contributed by atoms with van der Waals surface area (Å²) in [5, 5.41) is 17.3. The molecule has 0 atom stereocenters. The summed E-state index contributed by atoms with van der Waals surface area (Å²) in [4.78, 5) is 0. The van der Waals surface area contributed by atoms with E-state index in [1.54, 1.807) is 0 Å². The number of hydrogen-bond donors (Lipinski definition) is 4. The standard InChI is InChI=1S/C6H6O2.K.H2O4S.H/c7-5-1-2-6(8)4-3-5;;1-5(2,3)4;/h1-4,7-8H;;(H2,1,2,3,4);/q;+1;;-1. The minimum atomic E-state index is -4.67. The van der Waals surface area contributed by atoms with Gasteiger partial charge in [0.05, 0.1) is 0 Å². The molecule has 0 unspecified atom stereocenters. The SMILES string of the molecule is O=S(=O)(O)O.Oc1ccc(O)cc1.[H-].[K+]. The zero-order chi connectivity index (χ0) is 10.5. The Bertz CT molecular complexity index is 321. The number of hydrogen-bond acceptors (Lipinski definition) is 4. The summed E-state index contributed by atoms with van der Waals surface area (Å²) in [6.45, 7) is 0. The number of phenols is 2. The van der Waals surface area contributed by atoms with E-state index in [0.717, 1.165) is 0 Å². The Morgan fingerprint density at radius 2 is 1.07 bits per heavy atom. The molecule has 0 heterocycles. The Kier molecular flexibility index (Phi) is 9.09. The van der Waals surface area contributed by atoms with Crippen molar-refractivity contribution < 1.29 is 80.5 Å². The first-order chi connectivity index (χ1) is 5.79. The molecule has 6 nitrogen and oxygen atoms in total. The molecule has 1 aromatic rings. The molecule has 0 aliphatic heterocycles. The first-order valence-electron chi connectivity index (χ1n) is 2.97. The molecule has 1 rings (SSSR count). The normalized spacial score (nSPS) is 9.29. The molecule has 0 amide bonds. The van der Waals surface area contributed by atoms with Crippen molar-refractivity contribution in [3.05, 3.63) is 24.3 Å². The van der Waals surface area contributed by atoms with Crippen LogP contribution < -0.4 is 51.4 Å². The molecule has 0 aliphatic carbocycles. The van der Waals surface area contributed by atoms with Gasteiger partial charge in [0.25, 0.3) is 0 Å². The van der Waals surface area contributed by atoms with Gasteiger partial charge >= 0.3 is 61.8 Å². The zero-order valence-corrected chi connectivity index (χ0v) is 11.3. The molecule has 8 heteroatoms. The van der Waals surface area contributed by atoms with Crippen molar-refractivity contribution in [1.82, 2.24) is 0 Å². The van der Waals surface area contributed by atoms with Crippen LogP contribution in [0.15, 0.2) is 24.3 Å². The van der Waals surface area contributed by atoms with Crippen LogP contribution in [0.1, 0.15) is 1.43 Å². The summed E-state index contributed by atoms with van der Waals surface area (Å²) >= 11 is 0. The van der Waals surface area contributed by atoms with Crippen LogP contribution in [0.4, 0.5) is 0 Å². The van der Waals surface area contributed by atoms with Crippen molar-refractivity contribution in [3.8, 4) is 11.5 Å². The van der Waals surface area contributed by atoms with Crippen LogP contribution in [-0.2, 0) is 10.4 Å². The van der Waals surface area contributed by atoms with Gasteiger partial charge in [-0.3, -0.25) is 9.11 Å². The first kappa shape index (κ1) is 16.7. The van der Waals surface area contributed by atoms with Gasteiger partial charge in [-0.05, 0) is 24.3 Å². The predicted octanol–water partition coefficient (Wildman–Crippen LogP) is -2.44. The third-order valence-corrected chi connectivity index (χ3v) is 0.850. The van der Waals surface area contributed by atoms with E-state index in [0.29, 0.717) is 0 Å². The van der Waals surface area contributed by atoms with Crippen LogP contribution >= 0.6 is 0 Å². The zero-order valence-electron chi connectivity index (χ0n) is 8.32. The van der Waals surface area contributed by atoms with Gasteiger partial charge in [-0.15, -0.1) is 0 Å². The fourth-order valence-electron chi connectivity index (χ4n) is 0.453. The predicted molar refractivity (Wildman–Crippen MR) is 45.1 cm³/mol. The van der Waals surface area contributed by atoms with Crippen LogP contribution in [0.3, 0.4) is 0 Å². The van der Waals surface area contributed by atoms with E-state index < -0.39 is 10.4 Å². The Hall–Kier alpha value is 0.326. The minimum absolute atomic E-state index is 0. The maximum Gasteiger partial charge on any atom is 1.00 e. The second-order valence-corrected chi connectivity index (χ2v) is 2.86. The van der Waals surface area contributed by atoms with Gasteiger partial charge in [0.2, 0.25) is 0 Å². The van der Waals surface area contributed by atoms with Crippen molar-refractivity contribution >= 4 is 10.4 Å². The quantitative estimate of drug-likeness (QED) is 0.230. The van der Waals surface area contributed by atoms with Crippen molar-refractivity contribution in [3.63, 3.8) is 0 Å². The molecule has 14 heavy (non-hydrogen) atoms. The van der Waals surface area contributed by atoms with Crippen molar-refractivity contribution in [2.24, 2.45) is 0 Å². The third-order valence-electron chi connectivity index (χ3n) is 0.850. The van der Waals surface area contributed by atoms with Crippen molar-refractivity contribution in [2.75, 3.05) is 0 Å². The summed E-state index contributed by atoms with van der Waals surface area (Å²) in [5.41, 5.74) is 0. The van der Waals surface area contributed by atoms with Crippen LogP contribution in [0, 0.1) is 0 Å². The van der Waals surface area contributed by atoms with Crippen LogP contribution in [0.5, 0.6) is 11.5 Å². The molecule has 0 fully saturated rings. The van der Waals surface area contributed by atoms with Gasteiger partial charge in [0.1, 0.15) is 11.5 Å². The van der Waals surface area contributed by atoms with E-state index in [-0.39, 0.29) is 64.3 Å². The molecule has 0 radical (unpaired) electrons. The fourth-order valence-corrected chi connectivity index (χ4v) is 0.453. The van der Waals surface area contributed by atoms with E-state index in [1.807, 2.05) is 0 Å². The monoisotopic (exact) mass is 248 g/mol. The molecule has 0 aromatic heterocycles. The second-order valence-electron chi connectivity index (χ2n) is 1.96. The number of phenolic OH excluding ortho intramolecular Hbond substituents is 2. The topological polar surface area (TPSA) is 115 Å². The summed E-state index contributed by atoms with van der Waals surface area (Å²) in [7, 11) is -4.67. The maximum absolute atomic E-state index is 8.74. The maximum atomic E-state index is 8.74. The van der Waals surface area contributed by atoms with Gasteiger partial charge in [0.15, 0.2) is 0 Å². The van der Waals surface area contributed by atoms with Crippen LogP contribution in [0.2, 0.25) is 0 Å². The molecule has 1 aromatic carbocycles. The van der Waals surface area contributed by atoms with Gasteiger partial charge in [-0.2, -0.15) is 8.42 Å². The Morgan fingerprint density at radius 1 is 0.929 bits per heavy atom. The van der Waals surface area contributed by atoms with Crippen molar-refractivity contribution in [2.45, 2.75) is 0 Å². The first-order valence-corrected chi connectivity index (χ1v) is 4.36. The Morgan fingerprint density at radius 3 is 1.21 bits per heavy atom. The van der Waals surface area contributed by atoms with E-state index in [2.05, 4.69) is 0 Å². The molecule has 4 N–H and O–H groups in total. The van der Waals surface area contributed by atoms with Gasteiger partial charge in [0, 0.05) is 0 Å². The molecule has 0 saturated carbocycles. The van der Waals surface area contributed by atoms with Crippen LogP contribution in [-0.4, -0.2) is 27.7 Å². The van der Waals surface area contributed by atoms with Crippen molar-refractivity contribution in [1.29, 1.82) is 0 Å². The molecule has 76 valence electrons. The van der Waals surface area contributed by atoms with Gasteiger partial charge < -0.3 is 11.6 Å². The van der Waals surface area contributed by atoms with E-state index in [4.69, 9.17) is 27.7 Å². The largest absolute Gasteiger partial charge is 1.00 e. The summed E-state index contributed by atoms with van der Waals surface area (Å²) in [5.74, 6) is 0.339. The number of aromatic hydroxyl groups is 2.